The molecule has 0 radical (unpaired) electrons. The molecule has 104 valence electrons. The first kappa shape index (κ1) is 13.7. The molecule has 0 fully saturated rings. The van der Waals surface area contributed by atoms with E-state index in [2.05, 4.69) is 44.9 Å². The van der Waals surface area contributed by atoms with Gasteiger partial charge >= 0.3 is 0 Å². The Morgan fingerprint density at radius 3 is 2.47 bits per heavy atom. The number of aromatic nitrogens is 1. The Balaban J connectivity index is 2.24. The Labute approximate surface area is 114 Å². The maximum atomic E-state index is 5.88. The molecule has 0 bridgehead atoms. The molecule has 0 aliphatic carbocycles. The third-order valence-corrected chi connectivity index (χ3v) is 2.87. The number of benzene rings is 1. The molecule has 1 aromatic heterocycles. The Bertz CT molecular complexity index is 579. The fourth-order valence-corrected chi connectivity index (χ4v) is 2.68. The fourth-order valence-electron chi connectivity index (χ4n) is 2.68. The van der Waals surface area contributed by atoms with E-state index in [1.165, 1.54) is 0 Å². The van der Waals surface area contributed by atoms with Crippen molar-refractivity contribution in [3.63, 3.8) is 0 Å². The van der Waals surface area contributed by atoms with Crippen molar-refractivity contribution >= 4 is 22.8 Å². The molecule has 1 heterocycles. The van der Waals surface area contributed by atoms with Crippen LogP contribution in [0.5, 0.6) is 0 Å². The number of nitrogens with zero attached hydrogens (tertiary/aromatic N) is 1. The number of oxazole rings is 1. The summed E-state index contributed by atoms with van der Waals surface area (Å²) in [7, 11) is 0. The zero-order valence-corrected chi connectivity index (χ0v) is 12.4. The Hall–Kier alpha value is -1.71. The predicted octanol–water partition coefficient (Wildman–Crippen LogP) is 4.04. The first-order valence-corrected chi connectivity index (χ1v) is 6.60. The summed E-state index contributed by atoms with van der Waals surface area (Å²) >= 11 is 0. The lowest BCUT2D eigenvalue weighted by atomic mass is 9.82. The van der Waals surface area contributed by atoms with Gasteiger partial charge in [0.25, 0.3) is 6.01 Å². The van der Waals surface area contributed by atoms with Crippen LogP contribution in [0.2, 0.25) is 0 Å². The molecule has 4 nitrogen and oxygen atoms in total. The minimum atomic E-state index is -0.0894. The molecule has 19 heavy (non-hydrogen) atoms. The highest BCUT2D eigenvalue weighted by Gasteiger charge is 2.26. The van der Waals surface area contributed by atoms with E-state index in [1.54, 1.807) is 0 Å². The molecular formula is C15H23N3O. The Kier molecular flexibility index (Phi) is 3.20. The van der Waals surface area contributed by atoms with Crippen LogP contribution in [0, 0.1) is 5.41 Å². The summed E-state index contributed by atoms with van der Waals surface area (Å²) in [5.74, 6) is 0. The number of hydrogen-bond donors (Lipinski definition) is 2. The van der Waals surface area contributed by atoms with Gasteiger partial charge < -0.3 is 15.5 Å². The molecule has 0 unspecified atom stereocenters. The van der Waals surface area contributed by atoms with Gasteiger partial charge in [-0.25, -0.2) is 0 Å². The molecule has 2 rings (SSSR count). The second-order valence-electron chi connectivity index (χ2n) is 6.96. The number of para-hydroxylation sites is 1. The maximum Gasteiger partial charge on any atom is 0.296 e. The summed E-state index contributed by atoms with van der Waals surface area (Å²) in [4.78, 5) is 4.42. The van der Waals surface area contributed by atoms with Gasteiger partial charge in [0.15, 0.2) is 5.58 Å². The van der Waals surface area contributed by atoms with Gasteiger partial charge in [-0.15, -0.1) is 0 Å². The highest BCUT2D eigenvalue weighted by molar-refractivity contribution is 5.86. The summed E-state index contributed by atoms with van der Waals surface area (Å²) in [5.41, 5.74) is 8.11. The minimum absolute atomic E-state index is 0.0894. The van der Waals surface area contributed by atoms with Crippen LogP contribution < -0.4 is 11.1 Å². The van der Waals surface area contributed by atoms with Gasteiger partial charge in [-0.3, -0.25) is 0 Å². The van der Waals surface area contributed by atoms with Crippen LogP contribution in [-0.4, -0.2) is 10.5 Å². The first-order chi connectivity index (χ1) is 8.66. The number of anilines is 2. The SMILES string of the molecule is CC(C)(C)CC(C)(C)Nc1nc2c(N)cccc2o1. The van der Waals surface area contributed by atoms with Crippen molar-refractivity contribution in [1.82, 2.24) is 4.98 Å². The quantitative estimate of drug-likeness (QED) is 0.818. The van der Waals surface area contributed by atoms with Crippen LogP contribution in [0.15, 0.2) is 22.6 Å². The Morgan fingerprint density at radius 1 is 1.21 bits per heavy atom. The van der Waals surface area contributed by atoms with Crippen LogP contribution in [0.1, 0.15) is 41.0 Å². The van der Waals surface area contributed by atoms with Crippen LogP contribution in [0.3, 0.4) is 0 Å². The molecule has 1 aromatic carbocycles. The monoisotopic (exact) mass is 261 g/mol. The third-order valence-electron chi connectivity index (χ3n) is 2.87. The first-order valence-electron chi connectivity index (χ1n) is 6.60. The summed E-state index contributed by atoms with van der Waals surface area (Å²) in [6.07, 6.45) is 1.01. The van der Waals surface area contributed by atoms with E-state index in [-0.39, 0.29) is 11.0 Å². The van der Waals surface area contributed by atoms with Crippen molar-refractivity contribution in [3.8, 4) is 0 Å². The van der Waals surface area contributed by atoms with Crippen molar-refractivity contribution in [2.75, 3.05) is 11.1 Å². The van der Waals surface area contributed by atoms with Crippen LogP contribution in [0.4, 0.5) is 11.7 Å². The lowest BCUT2D eigenvalue weighted by Crippen LogP contribution is -2.35. The second-order valence-corrected chi connectivity index (χ2v) is 6.96. The second kappa shape index (κ2) is 4.44. The van der Waals surface area contributed by atoms with E-state index in [0.717, 1.165) is 11.9 Å². The average Bonchev–Trinajstić information content (AvgIpc) is 2.56. The van der Waals surface area contributed by atoms with Crippen molar-refractivity contribution in [1.29, 1.82) is 0 Å². The van der Waals surface area contributed by atoms with Gasteiger partial charge in [-0.2, -0.15) is 4.98 Å². The van der Waals surface area contributed by atoms with E-state index in [4.69, 9.17) is 10.2 Å². The fraction of sp³-hybridized carbons (Fsp3) is 0.533. The van der Waals surface area contributed by atoms with E-state index >= 15 is 0 Å². The standard InChI is InChI=1S/C15H23N3O/c1-14(2,3)9-15(4,5)18-13-17-12-10(16)7-6-8-11(12)19-13/h6-8H,9,16H2,1-5H3,(H,17,18). The van der Waals surface area contributed by atoms with Gasteiger partial charge in [-0.05, 0) is 37.8 Å². The number of rotatable bonds is 3. The molecule has 0 aliphatic heterocycles. The van der Waals surface area contributed by atoms with Gasteiger partial charge in [0, 0.05) is 5.54 Å². The van der Waals surface area contributed by atoms with Crippen molar-refractivity contribution in [2.24, 2.45) is 5.41 Å². The van der Waals surface area contributed by atoms with Crippen molar-refractivity contribution in [2.45, 2.75) is 46.6 Å². The minimum Gasteiger partial charge on any atom is -0.423 e. The van der Waals surface area contributed by atoms with Crippen LogP contribution >= 0.6 is 0 Å². The molecule has 0 amide bonds. The molecule has 2 aromatic rings. The molecule has 0 atom stereocenters. The normalized spacial score (nSPS) is 12.9. The Morgan fingerprint density at radius 2 is 1.89 bits per heavy atom. The summed E-state index contributed by atoms with van der Waals surface area (Å²) in [6.45, 7) is 11.0. The lowest BCUT2D eigenvalue weighted by Gasteiger charge is -2.32. The molecule has 4 heteroatoms. The number of nitrogens with two attached hydrogens (primary N) is 1. The zero-order chi connectivity index (χ0) is 14.3. The van der Waals surface area contributed by atoms with Crippen molar-refractivity contribution in [3.05, 3.63) is 18.2 Å². The highest BCUT2D eigenvalue weighted by Crippen LogP contribution is 2.31. The number of nitrogens with one attached hydrogen (secondary N) is 1. The van der Waals surface area contributed by atoms with Crippen LogP contribution in [-0.2, 0) is 0 Å². The molecule has 0 aliphatic rings. The summed E-state index contributed by atoms with van der Waals surface area (Å²) in [6, 6.07) is 6.10. The number of fused-ring (bicyclic) bond motifs is 1. The highest BCUT2D eigenvalue weighted by atomic mass is 16.4. The number of hydrogen-bond acceptors (Lipinski definition) is 4. The van der Waals surface area contributed by atoms with E-state index in [1.807, 2.05) is 18.2 Å². The summed E-state index contributed by atoms with van der Waals surface area (Å²) in [5, 5.41) is 3.36. The molecule has 0 saturated heterocycles. The van der Waals surface area contributed by atoms with Gasteiger partial charge in [0.05, 0.1) is 5.69 Å². The van der Waals surface area contributed by atoms with Crippen molar-refractivity contribution < 1.29 is 4.42 Å². The lowest BCUT2D eigenvalue weighted by molar-refractivity contribution is 0.298. The predicted molar refractivity (Wildman–Crippen MR) is 80.2 cm³/mol. The third kappa shape index (κ3) is 3.40. The van der Waals surface area contributed by atoms with Gasteiger partial charge in [0.2, 0.25) is 0 Å². The molecular weight excluding hydrogens is 238 g/mol. The van der Waals surface area contributed by atoms with Gasteiger partial charge in [-0.1, -0.05) is 26.8 Å². The molecule has 0 saturated carbocycles. The molecule has 3 N–H and O–H groups in total. The largest absolute Gasteiger partial charge is 0.423 e. The maximum absolute atomic E-state index is 5.88. The van der Waals surface area contributed by atoms with Crippen LogP contribution in [0.25, 0.3) is 11.1 Å². The van der Waals surface area contributed by atoms with Gasteiger partial charge in [0.1, 0.15) is 5.52 Å². The molecule has 0 spiro atoms. The smallest absolute Gasteiger partial charge is 0.296 e. The zero-order valence-electron chi connectivity index (χ0n) is 12.4. The summed E-state index contributed by atoms with van der Waals surface area (Å²) < 4.78 is 5.70. The van der Waals surface area contributed by atoms with E-state index in [9.17, 15) is 0 Å². The van der Waals surface area contributed by atoms with E-state index < -0.39 is 0 Å². The topological polar surface area (TPSA) is 64.1 Å². The number of nitrogen functional groups attached to an aromatic ring is 1. The average molecular weight is 261 g/mol. The van der Waals surface area contributed by atoms with E-state index in [0.29, 0.717) is 17.3 Å².